The minimum atomic E-state index is -0.439. The van der Waals surface area contributed by atoms with Gasteiger partial charge in [0, 0.05) is 12.1 Å². The number of benzene rings is 2. The molecule has 2 aromatic carbocycles. The van der Waals surface area contributed by atoms with Gasteiger partial charge in [-0.1, -0.05) is 42.1 Å². The number of cyclic esters (lactones) is 1. The lowest BCUT2D eigenvalue weighted by molar-refractivity contribution is -0.140. The largest absolute Gasteiger partial charge is 0.483 e. The van der Waals surface area contributed by atoms with Crippen molar-refractivity contribution in [3.63, 3.8) is 0 Å². The average molecular weight is 399 g/mol. The molecule has 0 N–H and O–H groups in total. The molecule has 2 atom stereocenters. The highest BCUT2D eigenvalue weighted by atomic mass is 32.2. The van der Waals surface area contributed by atoms with Crippen LogP contribution < -0.4 is 4.74 Å². The van der Waals surface area contributed by atoms with Gasteiger partial charge in [0.1, 0.15) is 18.0 Å². The molecule has 1 aromatic heterocycles. The molecule has 0 radical (unpaired) electrons. The van der Waals surface area contributed by atoms with Crippen LogP contribution in [-0.4, -0.2) is 32.1 Å². The third-order valence-corrected chi connectivity index (χ3v) is 5.43. The second-order valence-corrected chi connectivity index (χ2v) is 7.55. The highest BCUT2D eigenvalue weighted by molar-refractivity contribution is 8.00. The highest BCUT2D eigenvalue weighted by Crippen LogP contribution is 2.33. The molecule has 1 fully saturated rings. The maximum absolute atomic E-state index is 13.8. The Morgan fingerprint density at radius 3 is 2.64 bits per heavy atom. The average Bonchev–Trinajstić information content (AvgIpc) is 3.24. The standard InChI is InChI=1S/C20H18FN3O3S/c1-13-11-17(19(25)27-13)28-20-23-22-18(24(20)14-7-3-2-4-8-14)12-26-16-10-6-5-9-15(16)21/h2-10,13,17H,11-12H2,1H3/t13-,17+/m0/s1. The Balaban J connectivity index is 1.62. The van der Waals surface area contributed by atoms with E-state index in [1.165, 1.54) is 17.8 Å². The molecule has 0 unspecified atom stereocenters. The monoisotopic (exact) mass is 399 g/mol. The molecule has 144 valence electrons. The van der Waals surface area contributed by atoms with E-state index in [-0.39, 0.29) is 29.7 Å². The van der Waals surface area contributed by atoms with Crippen molar-refractivity contribution in [3.05, 3.63) is 66.2 Å². The summed E-state index contributed by atoms with van der Waals surface area (Å²) in [5.74, 6) is -0.0290. The Morgan fingerprint density at radius 2 is 1.93 bits per heavy atom. The summed E-state index contributed by atoms with van der Waals surface area (Å²) in [6.45, 7) is 1.91. The zero-order valence-electron chi connectivity index (χ0n) is 15.1. The van der Waals surface area contributed by atoms with Crippen LogP contribution in [0.25, 0.3) is 5.69 Å². The number of esters is 1. The van der Waals surface area contributed by atoms with Crippen LogP contribution >= 0.6 is 11.8 Å². The number of aromatic nitrogens is 3. The van der Waals surface area contributed by atoms with Gasteiger partial charge in [0.05, 0.1) is 0 Å². The molecule has 8 heteroatoms. The van der Waals surface area contributed by atoms with Crippen molar-refractivity contribution in [2.75, 3.05) is 0 Å². The number of rotatable bonds is 6. The maximum atomic E-state index is 13.8. The first-order chi connectivity index (χ1) is 13.6. The molecule has 0 spiro atoms. The smallest absolute Gasteiger partial charge is 0.319 e. The van der Waals surface area contributed by atoms with Gasteiger partial charge in [-0.05, 0) is 31.2 Å². The summed E-state index contributed by atoms with van der Waals surface area (Å²) < 4.78 is 26.5. The Bertz CT molecular complexity index is 980. The van der Waals surface area contributed by atoms with Crippen molar-refractivity contribution in [3.8, 4) is 11.4 Å². The fraction of sp³-hybridized carbons (Fsp3) is 0.250. The number of carbonyl (C=O) groups excluding carboxylic acids is 1. The maximum Gasteiger partial charge on any atom is 0.319 e. The van der Waals surface area contributed by atoms with Crippen LogP contribution in [0, 0.1) is 5.82 Å². The number of para-hydroxylation sites is 2. The van der Waals surface area contributed by atoms with Gasteiger partial charge in [-0.15, -0.1) is 10.2 Å². The lowest BCUT2D eigenvalue weighted by Gasteiger charge is -2.12. The van der Waals surface area contributed by atoms with E-state index in [1.54, 1.807) is 18.2 Å². The van der Waals surface area contributed by atoms with Gasteiger partial charge in [-0.25, -0.2) is 4.39 Å². The normalized spacial score (nSPS) is 18.9. The molecular weight excluding hydrogens is 381 g/mol. The minimum absolute atomic E-state index is 0.0366. The molecule has 1 aliphatic rings. The predicted molar refractivity (Wildman–Crippen MR) is 102 cm³/mol. The molecule has 0 aliphatic carbocycles. The zero-order valence-corrected chi connectivity index (χ0v) is 15.9. The number of hydrogen-bond donors (Lipinski definition) is 0. The van der Waals surface area contributed by atoms with E-state index < -0.39 is 5.82 Å². The Hall–Kier alpha value is -2.87. The topological polar surface area (TPSA) is 66.2 Å². The van der Waals surface area contributed by atoms with Crippen LogP contribution in [0.2, 0.25) is 0 Å². The van der Waals surface area contributed by atoms with E-state index in [4.69, 9.17) is 9.47 Å². The highest BCUT2D eigenvalue weighted by Gasteiger charge is 2.34. The molecular formula is C20H18FN3O3S. The predicted octanol–water partition coefficient (Wildman–Crippen LogP) is 3.78. The van der Waals surface area contributed by atoms with Gasteiger partial charge in [0.15, 0.2) is 22.5 Å². The Labute approximate surface area is 165 Å². The van der Waals surface area contributed by atoms with E-state index in [2.05, 4.69) is 10.2 Å². The lowest BCUT2D eigenvalue weighted by Crippen LogP contribution is -2.12. The molecule has 2 heterocycles. The van der Waals surface area contributed by atoms with Crippen LogP contribution in [0.3, 0.4) is 0 Å². The van der Waals surface area contributed by atoms with Crippen molar-refractivity contribution in [1.29, 1.82) is 0 Å². The number of hydrogen-bond acceptors (Lipinski definition) is 6. The molecule has 0 bridgehead atoms. The van der Waals surface area contributed by atoms with Crippen LogP contribution in [0.5, 0.6) is 5.75 Å². The van der Waals surface area contributed by atoms with E-state index in [9.17, 15) is 9.18 Å². The molecule has 1 aliphatic heterocycles. The summed E-state index contributed by atoms with van der Waals surface area (Å²) in [4.78, 5) is 12.0. The van der Waals surface area contributed by atoms with Gasteiger partial charge in [-0.3, -0.25) is 9.36 Å². The number of carbonyl (C=O) groups is 1. The summed E-state index contributed by atoms with van der Waals surface area (Å²) in [5.41, 5.74) is 0.835. The second-order valence-electron chi connectivity index (χ2n) is 6.38. The van der Waals surface area contributed by atoms with Gasteiger partial charge < -0.3 is 9.47 Å². The van der Waals surface area contributed by atoms with E-state index in [0.29, 0.717) is 17.4 Å². The van der Waals surface area contributed by atoms with Gasteiger partial charge >= 0.3 is 5.97 Å². The summed E-state index contributed by atoms with van der Waals surface area (Å²) in [6, 6.07) is 15.7. The first-order valence-electron chi connectivity index (χ1n) is 8.86. The van der Waals surface area contributed by atoms with Gasteiger partial charge in [-0.2, -0.15) is 0 Å². The van der Waals surface area contributed by atoms with Crippen LogP contribution in [0.15, 0.2) is 59.8 Å². The number of nitrogens with zero attached hydrogens (tertiary/aromatic N) is 3. The first kappa shape index (κ1) is 18.5. The van der Waals surface area contributed by atoms with Crippen molar-refractivity contribution >= 4 is 17.7 Å². The molecule has 0 amide bonds. The molecule has 6 nitrogen and oxygen atoms in total. The fourth-order valence-corrected chi connectivity index (χ4v) is 4.13. The molecule has 1 saturated heterocycles. The minimum Gasteiger partial charge on any atom is -0.483 e. The SMILES string of the molecule is C[C@H]1C[C@@H](Sc2nnc(COc3ccccc3F)n2-c2ccccc2)C(=O)O1. The number of ether oxygens (including phenoxy) is 2. The zero-order chi connectivity index (χ0) is 19.5. The van der Waals surface area contributed by atoms with Crippen molar-refractivity contribution in [2.24, 2.45) is 0 Å². The first-order valence-corrected chi connectivity index (χ1v) is 9.74. The summed E-state index contributed by atoms with van der Waals surface area (Å²) in [6.07, 6.45) is 0.508. The van der Waals surface area contributed by atoms with Crippen LogP contribution in [0.1, 0.15) is 19.2 Å². The summed E-state index contributed by atoms with van der Waals surface area (Å²) in [7, 11) is 0. The summed E-state index contributed by atoms with van der Waals surface area (Å²) >= 11 is 1.32. The van der Waals surface area contributed by atoms with Crippen LogP contribution in [0.4, 0.5) is 4.39 Å². The molecule has 3 aromatic rings. The quantitative estimate of drug-likeness (QED) is 0.588. The Kier molecular flexibility index (Phi) is 5.29. The van der Waals surface area contributed by atoms with Crippen molar-refractivity contribution < 1.29 is 18.7 Å². The van der Waals surface area contributed by atoms with Crippen LogP contribution in [-0.2, 0) is 16.1 Å². The third kappa shape index (κ3) is 3.87. The van der Waals surface area contributed by atoms with E-state index >= 15 is 0 Å². The summed E-state index contributed by atoms with van der Waals surface area (Å²) in [5, 5.41) is 8.69. The van der Waals surface area contributed by atoms with Crippen molar-refractivity contribution in [1.82, 2.24) is 14.8 Å². The number of thioether (sulfide) groups is 1. The van der Waals surface area contributed by atoms with E-state index in [1.807, 2.05) is 41.8 Å². The lowest BCUT2D eigenvalue weighted by atomic mass is 10.3. The third-order valence-electron chi connectivity index (χ3n) is 4.28. The van der Waals surface area contributed by atoms with E-state index in [0.717, 1.165) is 5.69 Å². The molecule has 4 rings (SSSR count). The molecule has 28 heavy (non-hydrogen) atoms. The van der Waals surface area contributed by atoms with Crippen molar-refractivity contribution in [2.45, 2.75) is 36.5 Å². The number of halogens is 1. The van der Waals surface area contributed by atoms with Gasteiger partial charge in [0.25, 0.3) is 0 Å². The Morgan fingerprint density at radius 1 is 1.18 bits per heavy atom. The fourth-order valence-electron chi connectivity index (χ4n) is 2.95. The van der Waals surface area contributed by atoms with Gasteiger partial charge in [0.2, 0.25) is 0 Å². The second kappa shape index (κ2) is 8.02. The molecule has 0 saturated carbocycles.